The van der Waals surface area contributed by atoms with Crippen molar-refractivity contribution in [1.82, 2.24) is 10.3 Å². The molecule has 0 fully saturated rings. The van der Waals surface area contributed by atoms with Gasteiger partial charge in [0.1, 0.15) is 0 Å². The Morgan fingerprint density at radius 2 is 1.83 bits per heavy atom. The van der Waals surface area contributed by atoms with E-state index in [1.54, 1.807) is 38.6 Å². The number of carbonyl (C=O) groups is 1. The Morgan fingerprint density at radius 3 is 2.62 bits per heavy atom. The van der Waals surface area contributed by atoms with Crippen LogP contribution in [0.5, 0.6) is 11.5 Å². The Labute approximate surface area is 140 Å². The number of nitrogens with one attached hydrogen (secondary N) is 1. The highest BCUT2D eigenvalue weighted by atomic mass is 16.5. The Balaban J connectivity index is 1.78. The van der Waals surface area contributed by atoms with Crippen LogP contribution in [0, 0.1) is 0 Å². The van der Waals surface area contributed by atoms with E-state index in [1.165, 1.54) is 0 Å². The molecule has 0 saturated heterocycles. The molecule has 0 atom stereocenters. The van der Waals surface area contributed by atoms with Crippen molar-refractivity contribution in [2.75, 3.05) is 14.2 Å². The van der Waals surface area contributed by atoms with Crippen LogP contribution in [0.15, 0.2) is 54.7 Å². The summed E-state index contributed by atoms with van der Waals surface area (Å²) >= 11 is 0. The first-order valence-corrected chi connectivity index (χ1v) is 7.56. The van der Waals surface area contributed by atoms with E-state index in [0.717, 1.165) is 16.5 Å². The number of carbonyl (C=O) groups excluding carboxylic acids is 1. The van der Waals surface area contributed by atoms with Crippen LogP contribution in [0.1, 0.15) is 15.9 Å². The quantitative estimate of drug-likeness (QED) is 0.784. The molecule has 0 radical (unpaired) electrons. The number of aromatic nitrogens is 1. The lowest BCUT2D eigenvalue weighted by Gasteiger charge is -2.11. The van der Waals surface area contributed by atoms with E-state index >= 15 is 0 Å². The minimum absolute atomic E-state index is 0.170. The van der Waals surface area contributed by atoms with Crippen molar-refractivity contribution >= 4 is 16.8 Å². The van der Waals surface area contributed by atoms with Crippen LogP contribution in [0.2, 0.25) is 0 Å². The standard InChI is InChI=1S/C19H18N2O3/c1-23-17-8-7-13(11-18(17)24-2)19(22)21-12-14-9-10-20-16-6-4-3-5-15(14)16/h3-11H,12H2,1-2H3,(H,21,22). The van der Waals surface area contributed by atoms with Crippen molar-refractivity contribution in [3.8, 4) is 11.5 Å². The van der Waals surface area contributed by atoms with Crippen molar-refractivity contribution in [1.29, 1.82) is 0 Å². The topological polar surface area (TPSA) is 60.5 Å². The summed E-state index contributed by atoms with van der Waals surface area (Å²) in [6.07, 6.45) is 1.75. The first-order valence-electron chi connectivity index (χ1n) is 7.56. The molecule has 0 bridgehead atoms. The summed E-state index contributed by atoms with van der Waals surface area (Å²) in [5.74, 6) is 0.950. The lowest BCUT2D eigenvalue weighted by molar-refractivity contribution is 0.0950. The monoisotopic (exact) mass is 322 g/mol. The maximum Gasteiger partial charge on any atom is 0.251 e. The number of rotatable bonds is 5. The van der Waals surface area contributed by atoms with Gasteiger partial charge in [-0.3, -0.25) is 9.78 Å². The van der Waals surface area contributed by atoms with Crippen LogP contribution >= 0.6 is 0 Å². The van der Waals surface area contributed by atoms with Crippen LogP contribution < -0.4 is 14.8 Å². The van der Waals surface area contributed by atoms with Gasteiger partial charge in [-0.2, -0.15) is 0 Å². The molecule has 0 aliphatic carbocycles. The number of amides is 1. The highest BCUT2D eigenvalue weighted by Crippen LogP contribution is 2.27. The molecular formula is C19H18N2O3. The van der Waals surface area contributed by atoms with Gasteiger partial charge in [0.15, 0.2) is 11.5 Å². The summed E-state index contributed by atoms with van der Waals surface area (Å²) in [6.45, 7) is 0.427. The molecule has 5 heteroatoms. The van der Waals surface area contributed by atoms with Gasteiger partial charge in [0, 0.05) is 23.7 Å². The Morgan fingerprint density at radius 1 is 1.04 bits per heavy atom. The molecule has 1 aromatic heterocycles. The summed E-state index contributed by atoms with van der Waals surface area (Å²) in [6, 6.07) is 14.9. The van der Waals surface area contributed by atoms with Crippen LogP contribution in [0.3, 0.4) is 0 Å². The molecule has 0 unspecified atom stereocenters. The fraction of sp³-hybridized carbons (Fsp3) is 0.158. The van der Waals surface area contributed by atoms with E-state index in [2.05, 4.69) is 10.3 Å². The van der Waals surface area contributed by atoms with Gasteiger partial charge >= 0.3 is 0 Å². The summed E-state index contributed by atoms with van der Waals surface area (Å²) in [7, 11) is 3.11. The number of nitrogens with zero attached hydrogens (tertiary/aromatic N) is 1. The molecule has 0 saturated carbocycles. The Bertz CT molecular complexity index is 872. The third kappa shape index (κ3) is 3.15. The van der Waals surface area contributed by atoms with E-state index in [4.69, 9.17) is 9.47 Å². The molecule has 3 rings (SSSR count). The molecule has 0 spiro atoms. The van der Waals surface area contributed by atoms with Crippen molar-refractivity contribution < 1.29 is 14.3 Å². The normalized spacial score (nSPS) is 10.4. The molecule has 1 heterocycles. The first kappa shape index (κ1) is 15.8. The zero-order valence-electron chi connectivity index (χ0n) is 13.6. The molecule has 1 N–H and O–H groups in total. The first-order chi connectivity index (χ1) is 11.7. The molecule has 24 heavy (non-hydrogen) atoms. The van der Waals surface area contributed by atoms with E-state index < -0.39 is 0 Å². The van der Waals surface area contributed by atoms with Crippen LogP contribution in [0.4, 0.5) is 0 Å². The SMILES string of the molecule is COc1ccc(C(=O)NCc2ccnc3ccccc23)cc1OC. The van der Waals surface area contributed by atoms with Gasteiger partial charge in [-0.15, -0.1) is 0 Å². The molecular weight excluding hydrogens is 304 g/mol. The molecule has 0 aliphatic rings. The zero-order chi connectivity index (χ0) is 16.9. The molecule has 2 aromatic carbocycles. The second-order valence-electron chi connectivity index (χ2n) is 5.24. The Kier molecular flexibility index (Phi) is 4.61. The highest BCUT2D eigenvalue weighted by Gasteiger charge is 2.11. The highest BCUT2D eigenvalue weighted by molar-refractivity contribution is 5.95. The van der Waals surface area contributed by atoms with E-state index in [1.807, 2.05) is 30.3 Å². The van der Waals surface area contributed by atoms with Crippen molar-refractivity contribution in [3.05, 3.63) is 65.9 Å². The number of fused-ring (bicyclic) bond motifs is 1. The number of hydrogen-bond donors (Lipinski definition) is 1. The van der Waals surface area contributed by atoms with E-state index in [-0.39, 0.29) is 5.91 Å². The second kappa shape index (κ2) is 7.00. The summed E-state index contributed by atoms with van der Waals surface area (Å²) in [5.41, 5.74) is 2.45. The van der Waals surface area contributed by atoms with Gasteiger partial charge in [0.05, 0.1) is 19.7 Å². The number of para-hydroxylation sites is 1. The fourth-order valence-electron chi connectivity index (χ4n) is 2.56. The van der Waals surface area contributed by atoms with Gasteiger partial charge in [0.25, 0.3) is 5.91 Å². The number of pyridine rings is 1. The molecule has 3 aromatic rings. The van der Waals surface area contributed by atoms with Gasteiger partial charge in [-0.25, -0.2) is 0 Å². The van der Waals surface area contributed by atoms with Crippen LogP contribution in [-0.4, -0.2) is 25.1 Å². The van der Waals surface area contributed by atoms with E-state index in [9.17, 15) is 4.79 Å². The summed E-state index contributed by atoms with van der Waals surface area (Å²) in [4.78, 5) is 16.7. The molecule has 0 aliphatic heterocycles. The minimum atomic E-state index is -0.170. The summed E-state index contributed by atoms with van der Waals surface area (Å²) < 4.78 is 10.4. The minimum Gasteiger partial charge on any atom is -0.493 e. The molecule has 122 valence electrons. The van der Waals surface area contributed by atoms with Gasteiger partial charge < -0.3 is 14.8 Å². The third-order valence-electron chi connectivity index (χ3n) is 3.82. The summed E-state index contributed by atoms with van der Waals surface area (Å²) in [5, 5.41) is 3.97. The number of methoxy groups -OCH3 is 2. The predicted octanol–water partition coefficient (Wildman–Crippen LogP) is 3.18. The fourth-order valence-corrected chi connectivity index (χ4v) is 2.56. The van der Waals surface area contributed by atoms with Gasteiger partial charge in [0.2, 0.25) is 0 Å². The third-order valence-corrected chi connectivity index (χ3v) is 3.82. The lowest BCUT2D eigenvalue weighted by atomic mass is 10.1. The number of ether oxygens (including phenoxy) is 2. The average Bonchev–Trinajstić information content (AvgIpc) is 2.65. The zero-order valence-corrected chi connectivity index (χ0v) is 13.6. The average molecular weight is 322 g/mol. The number of benzene rings is 2. The van der Waals surface area contributed by atoms with Gasteiger partial charge in [-0.1, -0.05) is 18.2 Å². The van der Waals surface area contributed by atoms with Crippen molar-refractivity contribution in [3.63, 3.8) is 0 Å². The predicted molar refractivity (Wildman–Crippen MR) is 92.5 cm³/mol. The van der Waals surface area contributed by atoms with E-state index in [0.29, 0.717) is 23.6 Å². The van der Waals surface area contributed by atoms with Gasteiger partial charge in [-0.05, 0) is 35.9 Å². The van der Waals surface area contributed by atoms with Crippen LogP contribution in [0.25, 0.3) is 10.9 Å². The number of hydrogen-bond acceptors (Lipinski definition) is 4. The smallest absolute Gasteiger partial charge is 0.251 e. The maximum absolute atomic E-state index is 12.4. The maximum atomic E-state index is 12.4. The van der Waals surface area contributed by atoms with Crippen LogP contribution in [-0.2, 0) is 6.54 Å². The van der Waals surface area contributed by atoms with Crippen molar-refractivity contribution in [2.45, 2.75) is 6.54 Å². The second-order valence-corrected chi connectivity index (χ2v) is 5.24. The van der Waals surface area contributed by atoms with Crippen molar-refractivity contribution in [2.24, 2.45) is 0 Å². The largest absolute Gasteiger partial charge is 0.493 e. The molecule has 1 amide bonds. The Hall–Kier alpha value is -3.08. The molecule has 5 nitrogen and oxygen atoms in total. The lowest BCUT2D eigenvalue weighted by Crippen LogP contribution is -2.23.